The molecule has 0 aromatic heterocycles. The summed E-state index contributed by atoms with van der Waals surface area (Å²) in [4.78, 5) is 0. The quantitative estimate of drug-likeness (QED) is 0.831. The van der Waals surface area contributed by atoms with Crippen LogP contribution in [-0.4, -0.2) is 11.2 Å². The molecule has 0 amide bonds. The SMILES string of the molecule is N#Cc1ccc(CNC(=S)NC2CCCCC2)cc1. The molecule has 0 radical (unpaired) electrons. The van der Waals surface area contributed by atoms with Gasteiger partial charge in [0, 0.05) is 12.6 Å². The van der Waals surface area contributed by atoms with Gasteiger partial charge in [-0.05, 0) is 42.8 Å². The molecular formula is C15H19N3S. The number of thiocarbonyl (C=S) groups is 1. The van der Waals surface area contributed by atoms with Gasteiger partial charge >= 0.3 is 0 Å². The first-order valence-electron chi connectivity index (χ1n) is 6.81. The lowest BCUT2D eigenvalue weighted by Crippen LogP contribution is -2.42. The van der Waals surface area contributed by atoms with Crippen molar-refractivity contribution in [2.75, 3.05) is 0 Å². The lowest BCUT2D eigenvalue weighted by molar-refractivity contribution is 0.412. The number of rotatable bonds is 3. The fourth-order valence-corrected chi connectivity index (χ4v) is 2.60. The standard InChI is InChI=1S/C15H19N3S/c16-10-12-6-8-13(9-7-12)11-17-15(19)18-14-4-2-1-3-5-14/h6-9,14H,1-5,11H2,(H2,17,18,19). The van der Waals surface area contributed by atoms with Crippen LogP contribution in [0.25, 0.3) is 0 Å². The third kappa shape index (κ3) is 4.53. The van der Waals surface area contributed by atoms with Crippen LogP contribution in [0.2, 0.25) is 0 Å². The molecule has 2 rings (SSSR count). The van der Waals surface area contributed by atoms with Gasteiger partial charge in [-0.1, -0.05) is 31.4 Å². The van der Waals surface area contributed by atoms with Crippen LogP contribution < -0.4 is 10.6 Å². The van der Waals surface area contributed by atoms with Crippen LogP contribution in [0, 0.1) is 11.3 Å². The molecule has 0 aliphatic heterocycles. The highest BCUT2D eigenvalue weighted by molar-refractivity contribution is 7.80. The van der Waals surface area contributed by atoms with E-state index in [1.807, 2.05) is 24.3 Å². The lowest BCUT2D eigenvalue weighted by atomic mass is 9.96. The van der Waals surface area contributed by atoms with Crippen molar-refractivity contribution in [2.24, 2.45) is 0 Å². The van der Waals surface area contributed by atoms with Crippen LogP contribution in [0.3, 0.4) is 0 Å². The molecule has 100 valence electrons. The summed E-state index contributed by atoms with van der Waals surface area (Å²) in [5.74, 6) is 0. The van der Waals surface area contributed by atoms with Gasteiger partial charge < -0.3 is 10.6 Å². The zero-order valence-corrected chi connectivity index (χ0v) is 11.8. The lowest BCUT2D eigenvalue weighted by Gasteiger charge is -2.24. The summed E-state index contributed by atoms with van der Waals surface area (Å²) in [6.07, 6.45) is 6.40. The molecule has 3 nitrogen and oxygen atoms in total. The normalized spacial score (nSPS) is 15.5. The Labute approximate surface area is 120 Å². The number of hydrogen-bond acceptors (Lipinski definition) is 2. The van der Waals surface area contributed by atoms with Gasteiger partial charge in [-0.3, -0.25) is 0 Å². The van der Waals surface area contributed by atoms with Crippen LogP contribution in [-0.2, 0) is 6.54 Å². The fourth-order valence-electron chi connectivity index (χ4n) is 2.36. The Morgan fingerprint density at radius 1 is 1.21 bits per heavy atom. The van der Waals surface area contributed by atoms with Crippen LogP contribution in [0.1, 0.15) is 43.2 Å². The molecule has 1 fully saturated rings. The topological polar surface area (TPSA) is 47.9 Å². The van der Waals surface area contributed by atoms with Crippen LogP contribution in [0.4, 0.5) is 0 Å². The molecule has 1 aliphatic rings. The Balaban J connectivity index is 1.74. The summed E-state index contributed by atoms with van der Waals surface area (Å²) >= 11 is 5.31. The van der Waals surface area contributed by atoms with Crippen molar-refractivity contribution in [3.05, 3.63) is 35.4 Å². The molecule has 1 aliphatic carbocycles. The first-order valence-corrected chi connectivity index (χ1v) is 7.22. The van der Waals surface area contributed by atoms with Crippen molar-refractivity contribution in [2.45, 2.75) is 44.7 Å². The number of nitriles is 1. The van der Waals surface area contributed by atoms with E-state index in [4.69, 9.17) is 17.5 Å². The molecule has 2 N–H and O–H groups in total. The van der Waals surface area contributed by atoms with E-state index in [9.17, 15) is 0 Å². The zero-order valence-electron chi connectivity index (χ0n) is 11.0. The van der Waals surface area contributed by atoms with Crippen molar-refractivity contribution in [1.82, 2.24) is 10.6 Å². The maximum atomic E-state index is 8.73. The molecule has 19 heavy (non-hydrogen) atoms. The Kier molecular flexibility index (Phi) is 5.17. The Bertz CT molecular complexity index is 455. The second-order valence-corrected chi connectivity index (χ2v) is 5.38. The number of nitrogens with one attached hydrogen (secondary N) is 2. The molecule has 1 aromatic carbocycles. The molecule has 0 heterocycles. The second-order valence-electron chi connectivity index (χ2n) is 4.97. The molecule has 4 heteroatoms. The fraction of sp³-hybridized carbons (Fsp3) is 0.467. The van der Waals surface area contributed by atoms with E-state index in [0.29, 0.717) is 18.2 Å². The van der Waals surface area contributed by atoms with Gasteiger partial charge in [-0.25, -0.2) is 0 Å². The molecule has 0 saturated heterocycles. The minimum atomic E-state index is 0.537. The van der Waals surface area contributed by atoms with Gasteiger partial charge in [-0.15, -0.1) is 0 Å². The van der Waals surface area contributed by atoms with Gasteiger partial charge in [0.25, 0.3) is 0 Å². The number of benzene rings is 1. The van der Waals surface area contributed by atoms with E-state index in [2.05, 4.69) is 16.7 Å². The third-order valence-corrected chi connectivity index (χ3v) is 3.74. The van der Waals surface area contributed by atoms with E-state index in [1.165, 1.54) is 32.1 Å². The van der Waals surface area contributed by atoms with E-state index < -0.39 is 0 Å². The maximum Gasteiger partial charge on any atom is 0.166 e. The summed E-state index contributed by atoms with van der Waals surface area (Å²) in [5.41, 5.74) is 1.82. The molecule has 0 unspecified atom stereocenters. The molecular weight excluding hydrogens is 254 g/mol. The monoisotopic (exact) mass is 273 g/mol. The van der Waals surface area contributed by atoms with E-state index in [1.54, 1.807) is 0 Å². The summed E-state index contributed by atoms with van der Waals surface area (Å²) in [7, 11) is 0. The first-order chi connectivity index (χ1) is 9.28. The van der Waals surface area contributed by atoms with E-state index in [0.717, 1.165) is 10.7 Å². The van der Waals surface area contributed by atoms with Gasteiger partial charge in [0.15, 0.2) is 5.11 Å². The van der Waals surface area contributed by atoms with E-state index >= 15 is 0 Å². The van der Waals surface area contributed by atoms with Gasteiger partial charge in [0.1, 0.15) is 0 Å². The van der Waals surface area contributed by atoms with Gasteiger partial charge in [0.2, 0.25) is 0 Å². The summed E-state index contributed by atoms with van der Waals surface area (Å²) in [6.45, 7) is 0.699. The average molecular weight is 273 g/mol. The first kappa shape index (κ1) is 13.8. The zero-order chi connectivity index (χ0) is 13.5. The van der Waals surface area contributed by atoms with Gasteiger partial charge in [-0.2, -0.15) is 5.26 Å². The van der Waals surface area contributed by atoms with Crippen molar-refractivity contribution in [1.29, 1.82) is 5.26 Å². The predicted molar refractivity (Wildman–Crippen MR) is 80.6 cm³/mol. The largest absolute Gasteiger partial charge is 0.360 e. The summed E-state index contributed by atoms with van der Waals surface area (Å²) < 4.78 is 0. The van der Waals surface area contributed by atoms with Crippen molar-refractivity contribution >= 4 is 17.3 Å². The minimum absolute atomic E-state index is 0.537. The number of nitrogens with zero attached hydrogens (tertiary/aromatic N) is 1. The van der Waals surface area contributed by atoms with Crippen molar-refractivity contribution in [3.8, 4) is 6.07 Å². The van der Waals surface area contributed by atoms with Crippen molar-refractivity contribution < 1.29 is 0 Å². The molecule has 0 spiro atoms. The molecule has 0 atom stereocenters. The van der Waals surface area contributed by atoms with Crippen LogP contribution >= 0.6 is 12.2 Å². The van der Waals surface area contributed by atoms with Crippen molar-refractivity contribution in [3.63, 3.8) is 0 Å². The van der Waals surface area contributed by atoms with E-state index in [-0.39, 0.29) is 0 Å². The second kappa shape index (κ2) is 7.10. The Morgan fingerprint density at radius 3 is 2.53 bits per heavy atom. The molecule has 1 aromatic rings. The average Bonchev–Trinajstić information content (AvgIpc) is 2.47. The maximum absolute atomic E-state index is 8.73. The highest BCUT2D eigenvalue weighted by Crippen LogP contribution is 2.17. The Hall–Kier alpha value is -1.60. The minimum Gasteiger partial charge on any atom is -0.360 e. The third-order valence-electron chi connectivity index (χ3n) is 3.48. The van der Waals surface area contributed by atoms with Crippen LogP contribution in [0.5, 0.6) is 0 Å². The smallest absolute Gasteiger partial charge is 0.166 e. The summed E-state index contributed by atoms with van der Waals surface area (Å²) in [6, 6.07) is 10.2. The number of hydrogen-bond donors (Lipinski definition) is 2. The highest BCUT2D eigenvalue weighted by atomic mass is 32.1. The highest BCUT2D eigenvalue weighted by Gasteiger charge is 2.13. The van der Waals surface area contributed by atoms with Gasteiger partial charge in [0.05, 0.1) is 11.6 Å². The predicted octanol–water partition coefficient (Wildman–Crippen LogP) is 2.86. The molecule has 0 bridgehead atoms. The Morgan fingerprint density at radius 2 is 1.89 bits per heavy atom. The summed E-state index contributed by atoms with van der Waals surface area (Å²) in [5, 5.41) is 16.1. The molecule has 1 saturated carbocycles. The van der Waals surface area contributed by atoms with Crippen LogP contribution in [0.15, 0.2) is 24.3 Å².